The molecule has 0 bridgehead atoms. The standard InChI is InChI=1S/C21H27N5OS2/c1-13(2)11-26-16(5)15(4)23-21(26)28-12-18-24-25-20(29-18)19(27)22-10-17-8-6-14(3)7-9-17/h6-9,13H,10-12H2,1-5H3,(H,22,27). The van der Waals surface area contributed by atoms with E-state index in [-0.39, 0.29) is 5.91 Å². The van der Waals surface area contributed by atoms with Gasteiger partial charge in [0, 0.05) is 18.8 Å². The summed E-state index contributed by atoms with van der Waals surface area (Å²) in [7, 11) is 0. The lowest BCUT2D eigenvalue weighted by molar-refractivity contribution is 0.0950. The maximum atomic E-state index is 12.4. The average Bonchev–Trinajstić information content (AvgIpc) is 3.26. The summed E-state index contributed by atoms with van der Waals surface area (Å²) in [5, 5.41) is 13.4. The molecule has 0 aliphatic rings. The van der Waals surface area contributed by atoms with Gasteiger partial charge in [-0.15, -0.1) is 10.2 Å². The Morgan fingerprint density at radius 1 is 1.17 bits per heavy atom. The van der Waals surface area contributed by atoms with E-state index in [0.29, 0.717) is 23.2 Å². The van der Waals surface area contributed by atoms with Crippen LogP contribution in [-0.4, -0.2) is 25.7 Å². The zero-order chi connectivity index (χ0) is 21.0. The number of imidazole rings is 1. The van der Waals surface area contributed by atoms with E-state index in [4.69, 9.17) is 4.98 Å². The molecular formula is C21H27N5OS2. The van der Waals surface area contributed by atoms with Crippen molar-refractivity contribution >= 4 is 29.0 Å². The van der Waals surface area contributed by atoms with E-state index in [0.717, 1.165) is 28.0 Å². The third-order valence-electron chi connectivity index (χ3n) is 4.53. The lowest BCUT2D eigenvalue weighted by Crippen LogP contribution is -2.22. The molecule has 0 spiro atoms. The van der Waals surface area contributed by atoms with Gasteiger partial charge in [-0.3, -0.25) is 4.79 Å². The molecule has 0 saturated carbocycles. The summed E-state index contributed by atoms with van der Waals surface area (Å²) in [6, 6.07) is 8.10. The van der Waals surface area contributed by atoms with Crippen LogP contribution in [0.1, 0.15) is 51.2 Å². The quantitative estimate of drug-likeness (QED) is 0.532. The van der Waals surface area contributed by atoms with E-state index in [1.54, 1.807) is 11.8 Å². The lowest BCUT2D eigenvalue weighted by atomic mass is 10.1. The van der Waals surface area contributed by atoms with Crippen molar-refractivity contribution in [3.05, 3.63) is 56.8 Å². The smallest absolute Gasteiger partial charge is 0.282 e. The maximum Gasteiger partial charge on any atom is 0.282 e. The number of nitrogens with one attached hydrogen (secondary N) is 1. The molecule has 0 fully saturated rings. The summed E-state index contributed by atoms with van der Waals surface area (Å²) >= 11 is 2.98. The molecule has 0 atom stereocenters. The number of nitrogens with zero attached hydrogens (tertiary/aromatic N) is 4. The fourth-order valence-electron chi connectivity index (χ4n) is 2.81. The number of thioether (sulfide) groups is 1. The number of hydrogen-bond acceptors (Lipinski definition) is 6. The fraction of sp³-hybridized carbons (Fsp3) is 0.429. The Labute approximate surface area is 180 Å². The molecule has 2 heterocycles. The van der Waals surface area contributed by atoms with Gasteiger partial charge < -0.3 is 9.88 Å². The molecule has 3 rings (SSSR count). The zero-order valence-electron chi connectivity index (χ0n) is 17.5. The second kappa shape index (κ2) is 9.54. The van der Waals surface area contributed by atoms with E-state index < -0.39 is 0 Å². The van der Waals surface area contributed by atoms with Gasteiger partial charge in [0.2, 0.25) is 5.01 Å². The van der Waals surface area contributed by atoms with Crippen molar-refractivity contribution in [1.82, 2.24) is 25.1 Å². The number of aromatic nitrogens is 4. The van der Waals surface area contributed by atoms with Crippen LogP contribution in [0.3, 0.4) is 0 Å². The molecule has 0 aliphatic heterocycles. The minimum Gasteiger partial charge on any atom is -0.346 e. The monoisotopic (exact) mass is 429 g/mol. The van der Waals surface area contributed by atoms with Gasteiger partial charge in [-0.25, -0.2) is 4.98 Å². The van der Waals surface area contributed by atoms with E-state index >= 15 is 0 Å². The number of carbonyl (C=O) groups excluding carboxylic acids is 1. The van der Waals surface area contributed by atoms with Crippen molar-refractivity contribution in [2.75, 3.05) is 0 Å². The first-order valence-corrected chi connectivity index (χ1v) is 11.5. The summed E-state index contributed by atoms with van der Waals surface area (Å²) in [5.41, 5.74) is 4.52. The third kappa shape index (κ3) is 5.67. The van der Waals surface area contributed by atoms with Crippen LogP contribution in [0.4, 0.5) is 0 Å². The van der Waals surface area contributed by atoms with Crippen molar-refractivity contribution in [2.45, 2.75) is 58.6 Å². The van der Waals surface area contributed by atoms with Crippen molar-refractivity contribution in [3.63, 3.8) is 0 Å². The first-order valence-electron chi connectivity index (χ1n) is 9.66. The van der Waals surface area contributed by atoms with Crippen LogP contribution < -0.4 is 5.32 Å². The first kappa shape index (κ1) is 21.5. The van der Waals surface area contributed by atoms with Crippen LogP contribution in [0.15, 0.2) is 29.4 Å². The van der Waals surface area contributed by atoms with Gasteiger partial charge >= 0.3 is 0 Å². The SMILES string of the molecule is Cc1ccc(CNC(=O)c2nnc(CSc3nc(C)c(C)n3CC(C)C)s2)cc1. The molecule has 154 valence electrons. The summed E-state index contributed by atoms with van der Waals surface area (Å²) in [5.74, 6) is 1.01. The highest BCUT2D eigenvalue weighted by Gasteiger charge is 2.16. The Bertz CT molecular complexity index is 976. The van der Waals surface area contributed by atoms with Crippen LogP contribution in [-0.2, 0) is 18.8 Å². The highest BCUT2D eigenvalue weighted by atomic mass is 32.2. The lowest BCUT2D eigenvalue weighted by Gasteiger charge is -2.11. The normalized spacial score (nSPS) is 11.2. The summed E-state index contributed by atoms with van der Waals surface area (Å²) < 4.78 is 2.26. The van der Waals surface area contributed by atoms with Gasteiger partial charge in [0.1, 0.15) is 5.01 Å². The molecule has 29 heavy (non-hydrogen) atoms. The van der Waals surface area contributed by atoms with Gasteiger partial charge in [-0.05, 0) is 32.3 Å². The minimum absolute atomic E-state index is 0.188. The predicted octanol–water partition coefficient (Wildman–Crippen LogP) is 4.54. The van der Waals surface area contributed by atoms with Gasteiger partial charge in [-0.2, -0.15) is 0 Å². The molecule has 0 unspecified atom stereocenters. The van der Waals surface area contributed by atoms with Crippen molar-refractivity contribution in [3.8, 4) is 0 Å². The van der Waals surface area contributed by atoms with Crippen molar-refractivity contribution in [2.24, 2.45) is 5.92 Å². The Kier molecular flexibility index (Phi) is 7.08. The topological polar surface area (TPSA) is 72.7 Å². The Balaban J connectivity index is 1.58. The molecule has 0 saturated heterocycles. The Morgan fingerprint density at radius 2 is 1.90 bits per heavy atom. The number of amides is 1. The fourth-order valence-corrected chi connectivity index (χ4v) is 4.65. The molecule has 2 aromatic heterocycles. The van der Waals surface area contributed by atoms with Gasteiger partial charge in [0.05, 0.1) is 11.4 Å². The minimum atomic E-state index is -0.188. The number of aryl methyl sites for hydroxylation is 2. The van der Waals surface area contributed by atoms with E-state index in [2.05, 4.69) is 40.9 Å². The van der Waals surface area contributed by atoms with E-state index in [1.165, 1.54) is 22.6 Å². The molecule has 8 heteroatoms. The second-order valence-corrected chi connectivity index (χ2v) is 9.53. The number of carbonyl (C=O) groups is 1. The van der Waals surface area contributed by atoms with Crippen molar-refractivity contribution in [1.29, 1.82) is 0 Å². The Hall–Kier alpha value is -2.19. The molecule has 3 aromatic rings. The summed E-state index contributed by atoms with van der Waals surface area (Å²) in [6.45, 7) is 12.0. The summed E-state index contributed by atoms with van der Waals surface area (Å²) in [6.07, 6.45) is 0. The molecule has 0 radical (unpaired) electrons. The van der Waals surface area contributed by atoms with Crippen LogP contribution in [0.2, 0.25) is 0 Å². The van der Waals surface area contributed by atoms with E-state index in [1.807, 2.05) is 38.1 Å². The van der Waals surface area contributed by atoms with Crippen molar-refractivity contribution < 1.29 is 4.79 Å². The average molecular weight is 430 g/mol. The summed E-state index contributed by atoms with van der Waals surface area (Å²) in [4.78, 5) is 17.1. The van der Waals surface area contributed by atoms with Crippen LogP contribution in [0, 0.1) is 26.7 Å². The van der Waals surface area contributed by atoms with Crippen LogP contribution in [0.25, 0.3) is 0 Å². The Morgan fingerprint density at radius 3 is 2.59 bits per heavy atom. The van der Waals surface area contributed by atoms with Crippen LogP contribution in [0.5, 0.6) is 0 Å². The maximum absolute atomic E-state index is 12.4. The van der Waals surface area contributed by atoms with Gasteiger partial charge in [0.25, 0.3) is 5.91 Å². The third-order valence-corrected chi connectivity index (χ3v) is 6.62. The van der Waals surface area contributed by atoms with E-state index in [9.17, 15) is 4.79 Å². The molecule has 1 amide bonds. The highest BCUT2D eigenvalue weighted by Crippen LogP contribution is 2.26. The van der Waals surface area contributed by atoms with Gasteiger partial charge in [-0.1, -0.05) is 66.8 Å². The molecule has 6 nitrogen and oxygen atoms in total. The first-order chi connectivity index (χ1) is 13.8. The molecular weight excluding hydrogens is 402 g/mol. The molecule has 0 aliphatic carbocycles. The predicted molar refractivity (Wildman–Crippen MR) is 118 cm³/mol. The zero-order valence-corrected chi connectivity index (χ0v) is 19.2. The molecule has 1 N–H and O–H groups in total. The molecule has 1 aromatic carbocycles. The number of hydrogen-bond donors (Lipinski definition) is 1. The number of rotatable bonds is 8. The van der Waals surface area contributed by atoms with Gasteiger partial charge in [0.15, 0.2) is 5.16 Å². The highest BCUT2D eigenvalue weighted by molar-refractivity contribution is 7.98. The second-order valence-electron chi connectivity index (χ2n) is 7.53. The largest absolute Gasteiger partial charge is 0.346 e. The number of benzene rings is 1. The van der Waals surface area contributed by atoms with Crippen LogP contribution >= 0.6 is 23.1 Å².